The lowest BCUT2D eigenvalue weighted by molar-refractivity contribution is -0.127. The van der Waals surface area contributed by atoms with Gasteiger partial charge in [0.15, 0.2) is 0 Å². The van der Waals surface area contributed by atoms with Crippen molar-refractivity contribution >= 4 is 28.5 Å². The van der Waals surface area contributed by atoms with Crippen molar-refractivity contribution in [3.05, 3.63) is 78.4 Å². The molecule has 1 heterocycles. The first-order valence-electron chi connectivity index (χ1n) is 12.9. The van der Waals surface area contributed by atoms with Gasteiger partial charge in [-0.1, -0.05) is 60.9 Å². The number of phenolic OH excluding ortho intramolecular Hbond substituents is 1. The Morgan fingerprint density at radius 1 is 1.03 bits per heavy atom. The Hall–Kier alpha value is -4.40. The zero-order chi connectivity index (χ0) is 26.5. The lowest BCUT2D eigenvalue weighted by atomic mass is 9.94. The fourth-order valence-corrected chi connectivity index (χ4v) is 5.09. The van der Waals surface area contributed by atoms with Crippen LogP contribution in [0.15, 0.2) is 72.8 Å². The van der Waals surface area contributed by atoms with Gasteiger partial charge < -0.3 is 15.2 Å². The van der Waals surface area contributed by atoms with Gasteiger partial charge in [-0.2, -0.15) is 0 Å². The topological polar surface area (TPSA) is 110 Å². The molecule has 0 aliphatic heterocycles. The standard InChI is InChI=1S/C29H31N5O4/c1-38-26-14-8-7-13-25(26)34(27(36)19-33-24-12-6-5-11-23(24)31-32-33)28(20-15-17-22(35)18-16-20)29(37)30-21-9-3-2-4-10-21/h5-8,11-18,21,28,35H,2-4,9-10,19H2,1H3,(H,30,37). The van der Waals surface area contributed by atoms with Gasteiger partial charge in [0.05, 0.1) is 18.3 Å². The molecule has 4 aromatic rings. The fraction of sp³-hybridized carbons (Fsp3) is 0.310. The van der Waals surface area contributed by atoms with Crippen LogP contribution in [0, 0.1) is 0 Å². The van der Waals surface area contributed by atoms with E-state index in [9.17, 15) is 14.7 Å². The molecule has 1 fully saturated rings. The summed E-state index contributed by atoms with van der Waals surface area (Å²) >= 11 is 0. The van der Waals surface area contributed by atoms with E-state index in [1.54, 1.807) is 30.3 Å². The number of carbonyl (C=O) groups is 2. The molecule has 2 amide bonds. The Bertz CT molecular complexity index is 1410. The smallest absolute Gasteiger partial charge is 0.249 e. The molecule has 1 unspecified atom stereocenters. The summed E-state index contributed by atoms with van der Waals surface area (Å²) in [5.74, 6) is -0.115. The van der Waals surface area contributed by atoms with Crippen LogP contribution in [0.2, 0.25) is 0 Å². The molecule has 38 heavy (non-hydrogen) atoms. The van der Waals surface area contributed by atoms with Crippen LogP contribution in [0.25, 0.3) is 11.0 Å². The van der Waals surface area contributed by atoms with Crippen LogP contribution < -0.4 is 15.0 Å². The second-order valence-electron chi connectivity index (χ2n) is 9.51. The van der Waals surface area contributed by atoms with Crippen molar-refractivity contribution in [2.45, 2.75) is 50.7 Å². The van der Waals surface area contributed by atoms with Crippen LogP contribution in [0.3, 0.4) is 0 Å². The number of phenols is 1. The lowest BCUT2D eigenvalue weighted by Crippen LogP contribution is -2.48. The summed E-state index contributed by atoms with van der Waals surface area (Å²) in [4.78, 5) is 29.6. The summed E-state index contributed by atoms with van der Waals surface area (Å²) in [7, 11) is 1.53. The van der Waals surface area contributed by atoms with Crippen molar-refractivity contribution in [3.8, 4) is 11.5 Å². The largest absolute Gasteiger partial charge is 0.508 e. The van der Waals surface area contributed by atoms with E-state index in [-0.39, 0.29) is 30.2 Å². The van der Waals surface area contributed by atoms with Gasteiger partial charge in [-0.05, 0) is 54.8 Å². The number of para-hydroxylation sites is 3. The van der Waals surface area contributed by atoms with E-state index in [4.69, 9.17) is 4.74 Å². The molecule has 196 valence electrons. The molecule has 0 radical (unpaired) electrons. The average molecular weight is 514 g/mol. The zero-order valence-electron chi connectivity index (χ0n) is 21.3. The maximum Gasteiger partial charge on any atom is 0.249 e. The maximum absolute atomic E-state index is 14.2. The zero-order valence-corrected chi connectivity index (χ0v) is 21.3. The minimum absolute atomic E-state index is 0.0461. The molecule has 2 N–H and O–H groups in total. The van der Waals surface area contributed by atoms with Gasteiger partial charge in [-0.3, -0.25) is 14.5 Å². The van der Waals surface area contributed by atoms with Crippen molar-refractivity contribution in [1.82, 2.24) is 20.3 Å². The highest BCUT2D eigenvalue weighted by atomic mass is 16.5. The highest BCUT2D eigenvalue weighted by molar-refractivity contribution is 6.02. The summed E-state index contributed by atoms with van der Waals surface area (Å²) in [5.41, 5.74) is 2.42. The molecule has 0 bridgehead atoms. The molecule has 0 spiro atoms. The number of aromatic nitrogens is 3. The number of amides is 2. The number of aromatic hydroxyl groups is 1. The van der Waals surface area contributed by atoms with Crippen molar-refractivity contribution in [1.29, 1.82) is 0 Å². The Morgan fingerprint density at radius 3 is 2.50 bits per heavy atom. The number of carbonyl (C=O) groups excluding carboxylic acids is 2. The molecule has 0 saturated heterocycles. The van der Waals surface area contributed by atoms with Gasteiger partial charge in [0.25, 0.3) is 0 Å². The van der Waals surface area contributed by atoms with Crippen LogP contribution in [-0.2, 0) is 16.1 Å². The molecule has 1 aliphatic carbocycles. The van der Waals surface area contributed by atoms with Crippen LogP contribution in [0.5, 0.6) is 11.5 Å². The summed E-state index contributed by atoms with van der Waals surface area (Å²) in [5, 5.41) is 21.5. The number of anilines is 1. The monoisotopic (exact) mass is 513 g/mol. The predicted octanol–water partition coefficient (Wildman–Crippen LogP) is 4.37. The van der Waals surface area contributed by atoms with Gasteiger partial charge in [-0.15, -0.1) is 5.10 Å². The number of ether oxygens (including phenoxy) is 1. The molecule has 9 heteroatoms. The first-order valence-corrected chi connectivity index (χ1v) is 12.9. The van der Waals surface area contributed by atoms with Crippen LogP contribution >= 0.6 is 0 Å². The number of benzene rings is 3. The minimum atomic E-state index is -1.00. The number of hydrogen-bond donors (Lipinski definition) is 2. The molecule has 1 aromatic heterocycles. The maximum atomic E-state index is 14.2. The number of hydrogen-bond acceptors (Lipinski definition) is 6. The van der Waals surface area contributed by atoms with E-state index in [0.717, 1.165) is 32.1 Å². The van der Waals surface area contributed by atoms with Crippen molar-refractivity contribution in [2.75, 3.05) is 12.0 Å². The fourth-order valence-electron chi connectivity index (χ4n) is 5.09. The third-order valence-electron chi connectivity index (χ3n) is 6.99. The van der Waals surface area contributed by atoms with E-state index in [0.29, 0.717) is 28.0 Å². The molecule has 1 atom stereocenters. The third-order valence-corrected chi connectivity index (χ3v) is 6.99. The van der Waals surface area contributed by atoms with E-state index in [2.05, 4.69) is 15.6 Å². The second-order valence-corrected chi connectivity index (χ2v) is 9.51. The average Bonchev–Trinajstić information content (AvgIpc) is 3.35. The molecular weight excluding hydrogens is 482 g/mol. The van der Waals surface area contributed by atoms with E-state index < -0.39 is 6.04 Å². The van der Waals surface area contributed by atoms with E-state index >= 15 is 0 Å². The van der Waals surface area contributed by atoms with E-state index in [1.807, 2.05) is 30.3 Å². The summed E-state index contributed by atoms with van der Waals surface area (Å²) in [6.45, 7) is -0.135. The first kappa shape index (κ1) is 25.3. The molecular formula is C29H31N5O4. The highest BCUT2D eigenvalue weighted by Gasteiger charge is 2.35. The van der Waals surface area contributed by atoms with Gasteiger partial charge in [0.1, 0.15) is 29.6 Å². The minimum Gasteiger partial charge on any atom is -0.508 e. The number of fused-ring (bicyclic) bond motifs is 1. The molecule has 9 nitrogen and oxygen atoms in total. The third kappa shape index (κ3) is 5.32. The van der Waals surface area contributed by atoms with Crippen LogP contribution in [0.4, 0.5) is 5.69 Å². The first-order chi connectivity index (χ1) is 18.5. The Morgan fingerprint density at radius 2 is 1.74 bits per heavy atom. The highest BCUT2D eigenvalue weighted by Crippen LogP contribution is 2.36. The Balaban J connectivity index is 1.58. The summed E-state index contributed by atoms with van der Waals surface area (Å²) in [6, 6.07) is 20.0. The predicted molar refractivity (Wildman–Crippen MR) is 144 cm³/mol. The quantitative estimate of drug-likeness (QED) is 0.362. The Labute approximate surface area is 221 Å². The number of rotatable bonds is 8. The van der Waals surface area contributed by atoms with Crippen LogP contribution in [0.1, 0.15) is 43.7 Å². The normalized spacial score (nSPS) is 14.7. The lowest BCUT2D eigenvalue weighted by Gasteiger charge is -2.34. The van der Waals surface area contributed by atoms with Crippen molar-refractivity contribution in [2.24, 2.45) is 0 Å². The van der Waals surface area contributed by atoms with Gasteiger partial charge in [0.2, 0.25) is 11.8 Å². The van der Waals surface area contributed by atoms with Crippen molar-refractivity contribution < 1.29 is 19.4 Å². The number of nitrogens with zero attached hydrogens (tertiary/aromatic N) is 4. The summed E-state index contributed by atoms with van der Waals surface area (Å²) < 4.78 is 7.15. The number of methoxy groups -OCH3 is 1. The molecule has 1 saturated carbocycles. The van der Waals surface area contributed by atoms with Gasteiger partial charge in [0, 0.05) is 6.04 Å². The summed E-state index contributed by atoms with van der Waals surface area (Å²) in [6.07, 6.45) is 5.08. The van der Waals surface area contributed by atoms with Crippen LogP contribution in [-0.4, -0.2) is 45.1 Å². The van der Waals surface area contributed by atoms with E-state index in [1.165, 1.54) is 28.8 Å². The molecule has 5 rings (SSSR count). The molecule has 3 aromatic carbocycles. The molecule has 1 aliphatic rings. The SMILES string of the molecule is COc1ccccc1N(C(=O)Cn1nnc2ccccc21)C(C(=O)NC1CCCCC1)c1ccc(O)cc1. The second kappa shape index (κ2) is 11.3. The van der Waals surface area contributed by atoms with Gasteiger partial charge in [-0.25, -0.2) is 4.68 Å². The number of nitrogens with one attached hydrogen (secondary N) is 1. The Kier molecular flexibility index (Phi) is 7.53. The van der Waals surface area contributed by atoms with Crippen molar-refractivity contribution in [3.63, 3.8) is 0 Å². The van der Waals surface area contributed by atoms with Gasteiger partial charge >= 0.3 is 0 Å².